The van der Waals surface area contributed by atoms with E-state index in [1.165, 1.54) is 10.4 Å². The number of hydrogen-bond donors (Lipinski definition) is 0. The van der Waals surface area contributed by atoms with Crippen LogP contribution in [0.25, 0.3) is 0 Å². The van der Waals surface area contributed by atoms with Gasteiger partial charge in [0.05, 0.1) is 12.7 Å². The minimum absolute atomic E-state index is 0.0109. The van der Waals surface area contributed by atoms with E-state index in [2.05, 4.69) is 49.5 Å². The topological polar surface area (TPSA) is 26.3 Å². The largest absolute Gasteiger partial charge is 0.496 e. The summed E-state index contributed by atoms with van der Waals surface area (Å²) in [7, 11) is -0.160. The van der Waals surface area contributed by atoms with E-state index in [1.54, 1.807) is 13.2 Å². The molecule has 0 bridgehead atoms. The minimum atomic E-state index is -1.75. The number of carbonyl (C=O) groups is 1. The third kappa shape index (κ3) is 3.42. The highest BCUT2D eigenvalue weighted by atomic mass is 28.3. The molecule has 126 valence electrons. The number of hydrogen-bond acceptors (Lipinski definition) is 2. The summed E-state index contributed by atoms with van der Waals surface area (Å²) in [5.41, 5.74) is 1.28. The lowest BCUT2D eigenvalue weighted by Gasteiger charge is -2.23. The van der Waals surface area contributed by atoms with Crippen LogP contribution in [-0.4, -0.2) is 21.0 Å². The van der Waals surface area contributed by atoms with Gasteiger partial charge in [-0.2, -0.15) is 0 Å². The molecule has 3 aromatic rings. The summed E-state index contributed by atoms with van der Waals surface area (Å²) in [4.78, 5) is 12.8. The second-order valence-electron chi connectivity index (χ2n) is 6.60. The molecule has 0 aliphatic heterocycles. The van der Waals surface area contributed by atoms with E-state index in [1.807, 2.05) is 36.4 Å². The van der Waals surface area contributed by atoms with Crippen LogP contribution in [0.2, 0.25) is 13.1 Å². The average molecular weight is 347 g/mol. The van der Waals surface area contributed by atoms with Gasteiger partial charge in [0.15, 0.2) is 5.78 Å². The standard InChI is InChI=1S/C22H22O2Si/c1-24-21-12-8-7-11-20(21)22(23)17-13-15-19(16-14-17)25(2,3)18-9-5-4-6-10-18/h4-16H,1-3H3. The highest BCUT2D eigenvalue weighted by Gasteiger charge is 2.26. The summed E-state index contributed by atoms with van der Waals surface area (Å²) in [5.74, 6) is 0.596. The van der Waals surface area contributed by atoms with E-state index in [4.69, 9.17) is 4.74 Å². The van der Waals surface area contributed by atoms with Crippen molar-refractivity contribution in [2.24, 2.45) is 0 Å². The Balaban J connectivity index is 1.91. The molecule has 3 aromatic carbocycles. The zero-order valence-corrected chi connectivity index (χ0v) is 15.8. The van der Waals surface area contributed by atoms with Gasteiger partial charge in [-0.3, -0.25) is 4.79 Å². The van der Waals surface area contributed by atoms with Crippen LogP contribution in [0, 0.1) is 0 Å². The van der Waals surface area contributed by atoms with Crippen molar-refractivity contribution >= 4 is 24.2 Å². The van der Waals surface area contributed by atoms with Gasteiger partial charge in [-0.1, -0.05) is 90.2 Å². The van der Waals surface area contributed by atoms with Crippen molar-refractivity contribution in [3.05, 3.63) is 90.0 Å². The molecular formula is C22H22O2Si. The van der Waals surface area contributed by atoms with Crippen molar-refractivity contribution in [1.29, 1.82) is 0 Å². The molecule has 0 aromatic heterocycles. The van der Waals surface area contributed by atoms with Crippen molar-refractivity contribution < 1.29 is 9.53 Å². The molecule has 3 heteroatoms. The molecule has 0 aliphatic rings. The van der Waals surface area contributed by atoms with Crippen LogP contribution < -0.4 is 15.1 Å². The normalized spacial score (nSPS) is 11.2. The Morgan fingerprint density at radius 1 is 0.760 bits per heavy atom. The Labute approximate surface area is 150 Å². The highest BCUT2D eigenvalue weighted by molar-refractivity contribution is 7.00. The van der Waals surface area contributed by atoms with E-state index < -0.39 is 8.07 Å². The zero-order valence-electron chi connectivity index (χ0n) is 14.8. The molecule has 0 radical (unpaired) electrons. The monoisotopic (exact) mass is 346 g/mol. The van der Waals surface area contributed by atoms with Crippen molar-refractivity contribution in [3.8, 4) is 5.75 Å². The highest BCUT2D eigenvalue weighted by Crippen LogP contribution is 2.21. The summed E-state index contributed by atoms with van der Waals surface area (Å²) in [6.07, 6.45) is 0. The number of rotatable bonds is 5. The van der Waals surface area contributed by atoms with E-state index in [9.17, 15) is 4.79 Å². The third-order valence-corrected chi connectivity index (χ3v) is 8.27. The molecule has 0 aliphatic carbocycles. The van der Waals surface area contributed by atoms with Crippen LogP contribution in [-0.2, 0) is 0 Å². The van der Waals surface area contributed by atoms with Crippen LogP contribution in [0.1, 0.15) is 15.9 Å². The van der Waals surface area contributed by atoms with Crippen LogP contribution in [0.15, 0.2) is 78.9 Å². The molecule has 0 saturated heterocycles. The van der Waals surface area contributed by atoms with E-state index in [0.29, 0.717) is 16.9 Å². The molecule has 0 unspecified atom stereocenters. The lowest BCUT2D eigenvalue weighted by molar-refractivity contribution is 0.103. The van der Waals surface area contributed by atoms with Crippen LogP contribution in [0.4, 0.5) is 0 Å². The zero-order chi connectivity index (χ0) is 17.9. The van der Waals surface area contributed by atoms with Gasteiger partial charge < -0.3 is 4.74 Å². The summed E-state index contributed by atoms with van der Waals surface area (Å²) in [6, 6.07) is 26.0. The predicted molar refractivity (Wildman–Crippen MR) is 106 cm³/mol. The second-order valence-corrected chi connectivity index (χ2v) is 11.0. The third-order valence-electron chi connectivity index (χ3n) is 4.72. The van der Waals surface area contributed by atoms with Crippen LogP contribution >= 0.6 is 0 Å². The molecule has 3 rings (SSSR count). The maximum Gasteiger partial charge on any atom is 0.196 e. The summed E-state index contributed by atoms with van der Waals surface area (Å²) in [5, 5.41) is 2.70. The van der Waals surface area contributed by atoms with Gasteiger partial charge >= 0.3 is 0 Å². The first-order chi connectivity index (χ1) is 12.0. The number of para-hydroxylation sites is 1. The lowest BCUT2D eigenvalue weighted by atomic mass is 10.0. The SMILES string of the molecule is COc1ccccc1C(=O)c1ccc([Si](C)(C)c2ccccc2)cc1. The van der Waals surface area contributed by atoms with E-state index in [0.717, 1.165) is 0 Å². The van der Waals surface area contributed by atoms with Crippen molar-refractivity contribution in [2.45, 2.75) is 13.1 Å². The second kappa shape index (κ2) is 7.07. The molecule has 0 fully saturated rings. The molecule has 0 heterocycles. The first-order valence-electron chi connectivity index (χ1n) is 8.38. The Morgan fingerprint density at radius 2 is 1.32 bits per heavy atom. The smallest absolute Gasteiger partial charge is 0.196 e. The Morgan fingerprint density at radius 3 is 1.96 bits per heavy atom. The maximum atomic E-state index is 12.8. The Bertz CT molecular complexity index is 868. The minimum Gasteiger partial charge on any atom is -0.496 e. The van der Waals surface area contributed by atoms with Gasteiger partial charge in [-0.05, 0) is 12.1 Å². The number of ether oxygens (including phenoxy) is 1. The Hall–Kier alpha value is -2.65. The molecular weight excluding hydrogens is 324 g/mol. The molecule has 0 atom stereocenters. The van der Waals surface area contributed by atoms with Gasteiger partial charge in [-0.25, -0.2) is 0 Å². The summed E-state index contributed by atoms with van der Waals surface area (Å²) in [6.45, 7) is 4.67. The molecule has 25 heavy (non-hydrogen) atoms. The van der Waals surface area contributed by atoms with Gasteiger partial charge in [0.2, 0.25) is 0 Å². The van der Waals surface area contributed by atoms with Gasteiger partial charge in [0, 0.05) is 5.56 Å². The van der Waals surface area contributed by atoms with Crippen LogP contribution in [0.5, 0.6) is 5.75 Å². The number of ketones is 1. The van der Waals surface area contributed by atoms with Crippen molar-refractivity contribution in [2.75, 3.05) is 7.11 Å². The molecule has 0 spiro atoms. The predicted octanol–water partition coefficient (Wildman–Crippen LogP) is 3.75. The average Bonchev–Trinajstić information content (AvgIpc) is 2.68. The van der Waals surface area contributed by atoms with Gasteiger partial charge in [-0.15, -0.1) is 0 Å². The summed E-state index contributed by atoms with van der Waals surface area (Å²) >= 11 is 0. The van der Waals surface area contributed by atoms with Crippen molar-refractivity contribution in [1.82, 2.24) is 0 Å². The molecule has 0 saturated carbocycles. The fourth-order valence-corrected chi connectivity index (χ4v) is 5.41. The molecule has 0 N–H and O–H groups in total. The number of carbonyl (C=O) groups excluding carboxylic acids is 1. The fraction of sp³-hybridized carbons (Fsp3) is 0.136. The molecule has 0 amide bonds. The van der Waals surface area contributed by atoms with Gasteiger partial charge in [0.1, 0.15) is 13.8 Å². The fourth-order valence-electron chi connectivity index (χ4n) is 3.05. The maximum absolute atomic E-state index is 12.8. The van der Waals surface area contributed by atoms with Crippen molar-refractivity contribution in [3.63, 3.8) is 0 Å². The first-order valence-corrected chi connectivity index (χ1v) is 11.4. The van der Waals surface area contributed by atoms with Crippen LogP contribution in [0.3, 0.4) is 0 Å². The first kappa shape index (κ1) is 17.2. The quantitative estimate of drug-likeness (QED) is 0.519. The van der Waals surface area contributed by atoms with Gasteiger partial charge in [0.25, 0.3) is 0 Å². The number of benzene rings is 3. The molecule has 2 nitrogen and oxygen atoms in total. The lowest BCUT2D eigenvalue weighted by Crippen LogP contribution is -2.52. The Kier molecular flexibility index (Phi) is 4.86. The number of methoxy groups -OCH3 is 1. The van der Waals surface area contributed by atoms with E-state index in [-0.39, 0.29) is 5.78 Å². The van der Waals surface area contributed by atoms with E-state index >= 15 is 0 Å². The summed E-state index contributed by atoms with van der Waals surface area (Å²) < 4.78 is 5.31.